The van der Waals surface area contributed by atoms with E-state index in [2.05, 4.69) is 27.1 Å². The van der Waals surface area contributed by atoms with Crippen molar-refractivity contribution in [1.82, 2.24) is 19.7 Å². The molecule has 1 aromatic heterocycles. The summed E-state index contributed by atoms with van der Waals surface area (Å²) in [5, 5.41) is 4.58. The monoisotopic (exact) mass is 378 g/mol. The van der Waals surface area contributed by atoms with E-state index in [0.717, 1.165) is 49.6 Å². The molecule has 0 saturated carbocycles. The Balaban J connectivity index is 1.37. The molecule has 1 fully saturated rings. The van der Waals surface area contributed by atoms with Crippen LogP contribution in [0.15, 0.2) is 59.4 Å². The summed E-state index contributed by atoms with van der Waals surface area (Å²) in [5.41, 5.74) is 2.16. The first-order chi connectivity index (χ1) is 13.7. The van der Waals surface area contributed by atoms with Crippen LogP contribution < -0.4 is 10.4 Å². The molecule has 1 N–H and O–H groups in total. The first kappa shape index (κ1) is 18.5. The first-order valence-electron chi connectivity index (χ1n) is 9.78. The van der Waals surface area contributed by atoms with Crippen molar-refractivity contribution in [2.75, 3.05) is 20.2 Å². The van der Waals surface area contributed by atoms with Gasteiger partial charge in [-0.05, 0) is 37.6 Å². The van der Waals surface area contributed by atoms with Crippen LogP contribution in [-0.2, 0) is 13.1 Å². The fourth-order valence-electron chi connectivity index (χ4n) is 3.86. The topological polar surface area (TPSA) is 63.1 Å². The van der Waals surface area contributed by atoms with Crippen LogP contribution in [-0.4, -0.2) is 39.9 Å². The molecule has 6 nitrogen and oxygen atoms in total. The number of hydrogen-bond donors (Lipinski definition) is 1. The fraction of sp³-hybridized carbons (Fsp3) is 0.364. The Kier molecular flexibility index (Phi) is 5.58. The quantitative estimate of drug-likeness (QED) is 0.716. The molecule has 0 aliphatic carbocycles. The van der Waals surface area contributed by atoms with Gasteiger partial charge in [-0.15, -0.1) is 0 Å². The molecular weight excluding hydrogens is 352 g/mol. The number of benzene rings is 2. The van der Waals surface area contributed by atoms with E-state index in [1.165, 1.54) is 10.2 Å². The molecule has 1 aliphatic heterocycles. The third kappa shape index (κ3) is 4.17. The van der Waals surface area contributed by atoms with Crippen molar-refractivity contribution in [3.63, 3.8) is 0 Å². The standard InChI is InChI=1S/C22H26N4O2/c1-28-20-10-6-5-9-19(20)16-25-13-11-18(12-14-25)21-23-22(27)26(24-21)15-17-7-3-2-4-8-17/h2-10,18H,11-16H2,1H3,(H,23,24,27). The molecule has 28 heavy (non-hydrogen) atoms. The highest BCUT2D eigenvalue weighted by atomic mass is 16.5. The maximum atomic E-state index is 12.3. The lowest BCUT2D eigenvalue weighted by atomic mass is 9.96. The first-order valence-corrected chi connectivity index (χ1v) is 9.78. The van der Waals surface area contributed by atoms with Crippen LogP contribution in [0, 0.1) is 0 Å². The number of nitrogens with one attached hydrogen (secondary N) is 1. The summed E-state index contributed by atoms with van der Waals surface area (Å²) in [6.07, 6.45) is 1.99. The molecule has 2 aromatic carbocycles. The predicted molar refractivity (Wildman–Crippen MR) is 109 cm³/mol. The van der Waals surface area contributed by atoms with Crippen molar-refractivity contribution in [3.05, 3.63) is 82.0 Å². The van der Waals surface area contributed by atoms with Crippen LogP contribution in [0.1, 0.15) is 35.7 Å². The van der Waals surface area contributed by atoms with Crippen LogP contribution in [0.5, 0.6) is 5.75 Å². The van der Waals surface area contributed by atoms with Crippen molar-refractivity contribution in [1.29, 1.82) is 0 Å². The smallest absolute Gasteiger partial charge is 0.343 e. The van der Waals surface area contributed by atoms with E-state index >= 15 is 0 Å². The zero-order valence-corrected chi connectivity index (χ0v) is 16.2. The largest absolute Gasteiger partial charge is 0.496 e. The summed E-state index contributed by atoms with van der Waals surface area (Å²) in [4.78, 5) is 17.7. The summed E-state index contributed by atoms with van der Waals surface area (Å²) in [7, 11) is 1.72. The number of likely N-dealkylation sites (tertiary alicyclic amines) is 1. The Morgan fingerprint density at radius 3 is 2.50 bits per heavy atom. The van der Waals surface area contributed by atoms with Crippen LogP contribution in [0.4, 0.5) is 0 Å². The van der Waals surface area contributed by atoms with E-state index in [1.54, 1.807) is 7.11 Å². The number of piperidine rings is 1. The number of hydrogen-bond acceptors (Lipinski definition) is 4. The highest BCUT2D eigenvalue weighted by Crippen LogP contribution is 2.27. The van der Waals surface area contributed by atoms with Crippen LogP contribution in [0.25, 0.3) is 0 Å². The van der Waals surface area contributed by atoms with Gasteiger partial charge in [-0.25, -0.2) is 9.48 Å². The van der Waals surface area contributed by atoms with Gasteiger partial charge in [0.15, 0.2) is 0 Å². The molecule has 0 spiro atoms. The van der Waals surface area contributed by atoms with E-state index in [-0.39, 0.29) is 5.69 Å². The number of nitrogens with zero attached hydrogens (tertiary/aromatic N) is 3. The second-order valence-electron chi connectivity index (χ2n) is 7.32. The zero-order valence-electron chi connectivity index (χ0n) is 16.2. The second-order valence-corrected chi connectivity index (χ2v) is 7.32. The Morgan fingerprint density at radius 2 is 1.75 bits per heavy atom. The summed E-state index contributed by atoms with van der Waals surface area (Å²) in [5.74, 6) is 2.06. The van der Waals surface area contributed by atoms with Crippen LogP contribution >= 0.6 is 0 Å². The SMILES string of the molecule is COc1ccccc1CN1CCC(c2nn(Cc3ccccc3)c(=O)[nH]2)CC1. The Hall–Kier alpha value is -2.86. The van der Waals surface area contributed by atoms with Gasteiger partial charge < -0.3 is 4.74 Å². The molecule has 0 bridgehead atoms. The lowest BCUT2D eigenvalue weighted by Gasteiger charge is -2.31. The molecule has 1 aliphatic rings. The van der Waals surface area contributed by atoms with Crippen LogP contribution in [0.3, 0.4) is 0 Å². The van der Waals surface area contributed by atoms with Gasteiger partial charge in [-0.3, -0.25) is 9.88 Å². The average Bonchev–Trinajstić information content (AvgIpc) is 3.10. The van der Waals surface area contributed by atoms with Crippen molar-refractivity contribution < 1.29 is 4.74 Å². The highest BCUT2D eigenvalue weighted by molar-refractivity contribution is 5.33. The molecule has 146 valence electrons. The van der Waals surface area contributed by atoms with Gasteiger partial charge in [-0.1, -0.05) is 48.5 Å². The van der Waals surface area contributed by atoms with Crippen molar-refractivity contribution in [2.24, 2.45) is 0 Å². The maximum absolute atomic E-state index is 12.3. The van der Waals surface area contributed by atoms with E-state index in [1.807, 2.05) is 42.5 Å². The highest BCUT2D eigenvalue weighted by Gasteiger charge is 2.24. The minimum Gasteiger partial charge on any atom is -0.496 e. The third-order valence-corrected chi connectivity index (χ3v) is 5.43. The van der Waals surface area contributed by atoms with Gasteiger partial charge in [0.1, 0.15) is 11.6 Å². The predicted octanol–water partition coefficient (Wildman–Crippen LogP) is 3.01. The Bertz CT molecular complexity index is 956. The molecular formula is C22H26N4O2. The van der Waals surface area contributed by atoms with Gasteiger partial charge in [0.2, 0.25) is 0 Å². The molecule has 3 aromatic rings. The second kappa shape index (κ2) is 8.44. The van der Waals surface area contributed by atoms with Crippen LogP contribution in [0.2, 0.25) is 0 Å². The molecule has 6 heteroatoms. The van der Waals surface area contributed by atoms with Crippen molar-refractivity contribution in [2.45, 2.75) is 31.8 Å². The number of aromatic amines is 1. The Labute approximate surface area is 164 Å². The number of ether oxygens (including phenoxy) is 1. The zero-order chi connectivity index (χ0) is 19.3. The summed E-state index contributed by atoms with van der Waals surface area (Å²) >= 11 is 0. The molecule has 4 rings (SSSR count). The number of methoxy groups -OCH3 is 1. The number of H-pyrrole nitrogens is 1. The lowest BCUT2D eigenvalue weighted by molar-refractivity contribution is 0.199. The average molecular weight is 378 g/mol. The van der Waals surface area contributed by atoms with Gasteiger partial charge in [0.05, 0.1) is 13.7 Å². The Morgan fingerprint density at radius 1 is 1.04 bits per heavy atom. The maximum Gasteiger partial charge on any atom is 0.343 e. The van der Waals surface area contributed by atoms with Gasteiger partial charge in [-0.2, -0.15) is 5.10 Å². The minimum atomic E-state index is -0.129. The van der Waals surface area contributed by atoms with Gasteiger partial charge >= 0.3 is 5.69 Å². The molecule has 0 atom stereocenters. The molecule has 0 unspecified atom stereocenters. The van der Waals surface area contributed by atoms with E-state index in [4.69, 9.17) is 4.74 Å². The third-order valence-electron chi connectivity index (χ3n) is 5.43. The van der Waals surface area contributed by atoms with Crippen molar-refractivity contribution >= 4 is 0 Å². The van der Waals surface area contributed by atoms with Gasteiger partial charge in [0, 0.05) is 18.0 Å². The summed E-state index contributed by atoms with van der Waals surface area (Å²) in [6, 6.07) is 18.1. The normalized spacial score (nSPS) is 15.6. The summed E-state index contributed by atoms with van der Waals surface area (Å²) < 4.78 is 7.00. The summed E-state index contributed by atoms with van der Waals surface area (Å²) in [6.45, 7) is 3.35. The number of aromatic nitrogens is 3. The van der Waals surface area contributed by atoms with E-state index in [0.29, 0.717) is 12.5 Å². The number of para-hydroxylation sites is 1. The van der Waals surface area contributed by atoms with Crippen molar-refractivity contribution in [3.8, 4) is 5.75 Å². The lowest BCUT2D eigenvalue weighted by Crippen LogP contribution is -2.33. The number of rotatable bonds is 6. The molecule has 0 amide bonds. The molecule has 2 heterocycles. The fourth-order valence-corrected chi connectivity index (χ4v) is 3.86. The van der Waals surface area contributed by atoms with Gasteiger partial charge in [0.25, 0.3) is 0 Å². The van der Waals surface area contributed by atoms with E-state index in [9.17, 15) is 4.79 Å². The molecule has 1 saturated heterocycles. The molecule has 0 radical (unpaired) electrons. The minimum absolute atomic E-state index is 0.129. The van der Waals surface area contributed by atoms with E-state index < -0.39 is 0 Å².